The molecule has 9 aromatic carbocycles. The lowest BCUT2D eigenvalue weighted by Gasteiger charge is -2.27. The zero-order valence-corrected chi connectivity index (χ0v) is 33.6. The molecule has 4 heterocycles. The van der Waals surface area contributed by atoms with Crippen molar-refractivity contribution in [1.29, 1.82) is 0 Å². The molecule has 2 aliphatic heterocycles. The Hall–Kier alpha value is -8.34. The first-order chi connectivity index (χ1) is 30.8. The molecule has 62 heavy (non-hydrogen) atoms. The van der Waals surface area contributed by atoms with Gasteiger partial charge in [-0.15, -0.1) is 0 Å². The van der Waals surface area contributed by atoms with Crippen molar-refractivity contribution in [3.63, 3.8) is 0 Å². The summed E-state index contributed by atoms with van der Waals surface area (Å²) in [6, 6.07) is 76.7. The van der Waals surface area contributed by atoms with Gasteiger partial charge in [-0.2, -0.15) is 0 Å². The minimum Gasteiger partial charge on any atom is -0.454 e. The number of hydrogen-bond acceptors (Lipinski definition) is 2. The summed E-state index contributed by atoms with van der Waals surface area (Å²) in [6.45, 7) is 0. The topological polar surface area (TPSA) is 22.3 Å². The largest absolute Gasteiger partial charge is 0.454 e. The third-order valence-corrected chi connectivity index (χ3v) is 12.6. The minimum absolute atomic E-state index is 0.843. The van der Waals surface area contributed by atoms with Gasteiger partial charge in [0.15, 0.2) is 5.75 Å². The standard InChI is InChI=1S/C58H37N3O/c1-3-17-38(18-4-1)41-35-43(37-44(36-41)61-50-26-12-8-22-45(50)46-34-33-40-32-31-39-19-7-16-30-54(39)62-58(40)57(46)61)60-52-28-14-10-24-48(52)55-47-23-9-13-27-51(47)59(42-20-5-2-6-21-42)53-29-15-11-25-49(53)56(55)60/h1-37H. The molecule has 0 unspecified atom stereocenters. The first kappa shape index (κ1) is 34.5. The Balaban J connectivity index is 1.15. The molecule has 0 saturated carbocycles. The molecule has 0 bridgehead atoms. The third kappa shape index (κ3) is 5.14. The summed E-state index contributed by atoms with van der Waals surface area (Å²) in [5.74, 6) is 1.69. The lowest BCUT2D eigenvalue weighted by atomic mass is 9.98. The van der Waals surface area contributed by atoms with Crippen molar-refractivity contribution < 1.29 is 4.74 Å². The van der Waals surface area contributed by atoms with Gasteiger partial charge in [0.05, 0.1) is 33.6 Å². The van der Waals surface area contributed by atoms with Crippen LogP contribution in [0.2, 0.25) is 0 Å². The molecule has 2 aliphatic rings. The molecule has 0 N–H and O–H groups in total. The van der Waals surface area contributed by atoms with Crippen LogP contribution in [0.25, 0.3) is 89.7 Å². The Kier molecular flexibility index (Phi) is 7.57. The number of hydrogen-bond donors (Lipinski definition) is 0. The number of anilines is 3. The number of benzene rings is 9. The van der Waals surface area contributed by atoms with Gasteiger partial charge in [0.2, 0.25) is 0 Å². The lowest BCUT2D eigenvalue weighted by Crippen LogP contribution is -2.11. The molecule has 0 saturated heterocycles. The Labute approximate surface area is 359 Å². The van der Waals surface area contributed by atoms with E-state index in [2.05, 4.69) is 232 Å². The maximum absolute atomic E-state index is 7.00. The van der Waals surface area contributed by atoms with Crippen LogP contribution in [0.4, 0.5) is 17.1 Å². The van der Waals surface area contributed by atoms with Crippen LogP contribution < -0.4 is 9.64 Å². The predicted molar refractivity (Wildman–Crippen MR) is 258 cm³/mol. The van der Waals surface area contributed by atoms with E-state index in [1.54, 1.807) is 0 Å². The van der Waals surface area contributed by atoms with E-state index in [0.717, 1.165) is 95.4 Å². The van der Waals surface area contributed by atoms with Gasteiger partial charge in [-0.05, 0) is 71.8 Å². The van der Waals surface area contributed by atoms with Crippen molar-refractivity contribution in [3.05, 3.63) is 223 Å². The van der Waals surface area contributed by atoms with Gasteiger partial charge in [0.25, 0.3) is 0 Å². The number of rotatable bonds is 4. The molecule has 0 radical (unpaired) electrons. The Morgan fingerprint density at radius 2 is 0.968 bits per heavy atom. The number of fused-ring (bicyclic) bond motifs is 13. The highest BCUT2D eigenvalue weighted by Gasteiger charge is 2.32. The molecule has 4 nitrogen and oxygen atoms in total. The summed E-state index contributed by atoms with van der Waals surface area (Å²) >= 11 is 0. The fourth-order valence-corrected chi connectivity index (χ4v) is 9.97. The van der Waals surface area contributed by atoms with Crippen molar-refractivity contribution in [2.24, 2.45) is 0 Å². The highest BCUT2D eigenvalue weighted by molar-refractivity contribution is 6.14. The van der Waals surface area contributed by atoms with Crippen LogP contribution in [0, 0.1) is 0 Å². The summed E-state index contributed by atoms with van der Waals surface area (Å²) in [7, 11) is 0. The quantitative estimate of drug-likeness (QED) is 0.177. The maximum Gasteiger partial charge on any atom is 0.159 e. The average molecular weight is 792 g/mol. The molecule has 11 aromatic rings. The molecular formula is C58H37N3O. The Morgan fingerprint density at radius 1 is 0.371 bits per heavy atom. The van der Waals surface area contributed by atoms with Gasteiger partial charge in [-0.3, -0.25) is 0 Å². The van der Waals surface area contributed by atoms with Crippen molar-refractivity contribution >= 4 is 61.9 Å². The van der Waals surface area contributed by atoms with Crippen molar-refractivity contribution in [2.45, 2.75) is 0 Å². The molecule has 13 rings (SSSR count). The minimum atomic E-state index is 0.843. The van der Waals surface area contributed by atoms with Crippen molar-refractivity contribution in [1.82, 2.24) is 9.13 Å². The van der Waals surface area contributed by atoms with Crippen LogP contribution in [0.3, 0.4) is 0 Å². The first-order valence-corrected chi connectivity index (χ1v) is 21.2. The molecule has 0 fully saturated rings. The van der Waals surface area contributed by atoms with E-state index in [-0.39, 0.29) is 0 Å². The van der Waals surface area contributed by atoms with Gasteiger partial charge in [0.1, 0.15) is 5.75 Å². The van der Waals surface area contributed by atoms with Crippen LogP contribution in [0.5, 0.6) is 11.5 Å². The van der Waals surface area contributed by atoms with Crippen LogP contribution in [-0.2, 0) is 0 Å². The number of aromatic nitrogens is 2. The average Bonchev–Trinajstić information content (AvgIpc) is 3.74. The smallest absolute Gasteiger partial charge is 0.159 e. The van der Waals surface area contributed by atoms with Crippen LogP contribution >= 0.6 is 0 Å². The second kappa shape index (κ2) is 13.6. The maximum atomic E-state index is 7.00. The number of ether oxygens (including phenoxy) is 1. The summed E-state index contributed by atoms with van der Waals surface area (Å²) in [6.07, 6.45) is 4.34. The molecule has 2 aromatic heterocycles. The third-order valence-electron chi connectivity index (χ3n) is 12.6. The second-order valence-corrected chi connectivity index (χ2v) is 16.1. The highest BCUT2D eigenvalue weighted by Crippen LogP contribution is 2.55. The summed E-state index contributed by atoms with van der Waals surface area (Å²) in [4.78, 5) is 2.42. The molecule has 4 heteroatoms. The SMILES string of the molecule is C1=Cc2ccc3c4ccccc4n(-c4cc(-c5ccccc5)cc(-n5c6c(c7ccccc75)-c5ccccc5N(c5ccccc5)c5ccccc5-6)c4)c3c2Oc2ccccc21. The molecule has 0 amide bonds. The van der Waals surface area contributed by atoms with E-state index >= 15 is 0 Å². The van der Waals surface area contributed by atoms with Gasteiger partial charge in [0, 0.05) is 61.0 Å². The van der Waals surface area contributed by atoms with Crippen LogP contribution in [0.1, 0.15) is 11.1 Å². The van der Waals surface area contributed by atoms with Gasteiger partial charge < -0.3 is 18.8 Å². The van der Waals surface area contributed by atoms with E-state index in [0.29, 0.717) is 0 Å². The molecule has 0 atom stereocenters. The highest BCUT2D eigenvalue weighted by atomic mass is 16.5. The Morgan fingerprint density at radius 3 is 1.77 bits per heavy atom. The molecule has 290 valence electrons. The molecular weight excluding hydrogens is 755 g/mol. The van der Waals surface area contributed by atoms with E-state index in [1.165, 1.54) is 21.9 Å². The van der Waals surface area contributed by atoms with E-state index in [4.69, 9.17) is 4.74 Å². The zero-order chi connectivity index (χ0) is 40.7. The van der Waals surface area contributed by atoms with Crippen molar-refractivity contribution in [2.75, 3.05) is 4.90 Å². The van der Waals surface area contributed by atoms with E-state index in [9.17, 15) is 0 Å². The first-order valence-electron chi connectivity index (χ1n) is 21.2. The number of nitrogens with zero attached hydrogens (tertiary/aromatic N) is 3. The summed E-state index contributed by atoms with van der Waals surface area (Å²) in [5.41, 5.74) is 17.9. The normalized spacial score (nSPS) is 12.5. The Bertz CT molecular complexity index is 3610. The van der Waals surface area contributed by atoms with Gasteiger partial charge in [-0.1, -0.05) is 164 Å². The van der Waals surface area contributed by atoms with Crippen LogP contribution in [-0.4, -0.2) is 9.13 Å². The van der Waals surface area contributed by atoms with Gasteiger partial charge in [-0.25, -0.2) is 0 Å². The van der Waals surface area contributed by atoms with Crippen molar-refractivity contribution in [3.8, 4) is 56.4 Å². The van der Waals surface area contributed by atoms with E-state index < -0.39 is 0 Å². The fourth-order valence-electron chi connectivity index (χ4n) is 9.97. The predicted octanol–water partition coefficient (Wildman–Crippen LogP) is 15.8. The molecule has 0 aliphatic carbocycles. The lowest BCUT2D eigenvalue weighted by molar-refractivity contribution is 0.485. The van der Waals surface area contributed by atoms with E-state index in [1.807, 2.05) is 6.07 Å². The molecule has 0 spiro atoms. The monoisotopic (exact) mass is 791 g/mol. The zero-order valence-electron chi connectivity index (χ0n) is 33.6. The second-order valence-electron chi connectivity index (χ2n) is 16.1. The fraction of sp³-hybridized carbons (Fsp3) is 0. The number of para-hydroxylation sites is 6. The van der Waals surface area contributed by atoms with Gasteiger partial charge >= 0.3 is 0 Å². The summed E-state index contributed by atoms with van der Waals surface area (Å²) in [5, 5.41) is 3.52. The van der Waals surface area contributed by atoms with Crippen LogP contribution in [0.15, 0.2) is 212 Å². The summed E-state index contributed by atoms with van der Waals surface area (Å²) < 4.78 is 11.9.